The van der Waals surface area contributed by atoms with Crippen LogP contribution in [-0.2, 0) is 11.2 Å². The van der Waals surface area contributed by atoms with Gasteiger partial charge in [0.25, 0.3) is 0 Å². The van der Waals surface area contributed by atoms with E-state index >= 15 is 0 Å². The third-order valence-corrected chi connectivity index (χ3v) is 4.22. The first-order valence-corrected chi connectivity index (χ1v) is 6.77. The second-order valence-electron chi connectivity index (χ2n) is 4.62. The lowest BCUT2D eigenvalue weighted by Crippen LogP contribution is -2.36. The molecule has 1 aromatic heterocycles. The zero-order chi connectivity index (χ0) is 11.5. The third-order valence-electron chi connectivity index (χ3n) is 3.23. The first kappa shape index (κ1) is 12.0. The second-order valence-corrected chi connectivity index (χ2v) is 5.56. The Hall–Kier alpha value is -0.450. The average Bonchev–Trinajstić information content (AvgIpc) is 2.84. The highest BCUT2D eigenvalue weighted by molar-refractivity contribution is 7.09. The van der Waals surface area contributed by atoms with Gasteiger partial charge in [-0.05, 0) is 27.3 Å². The normalized spacial score (nSPS) is 27.2. The molecule has 0 bridgehead atoms. The quantitative estimate of drug-likeness (QED) is 0.874. The van der Waals surface area contributed by atoms with Crippen molar-refractivity contribution in [3.8, 4) is 0 Å². The molecule has 0 spiro atoms. The molecule has 16 heavy (non-hydrogen) atoms. The van der Waals surface area contributed by atoms with Gasteiger partial charge in [-0.2, -0.15) is 0 Å². The topological polar surface area (TPSA) is 34.2 Å². The molecular formula is C12H20N2OS. The second kappa shape index (κ2) is 5.25. The molecule has 90 valence electrons. The minimum absolute atomic E-state index is 0.416. The van der Waals surface area contributed by atoms with Crippen LogP contribution in [0.5, 0.6) is 0 Å². The minimum atomic E-state index is 0.416. The van der Waals surface area contributed by atoms with Crippen LogP contribution >= 0.6 is 11.3 Å². The molecule has 3 atom stereocenters. The molecule has 3 unspecified atom stereocenters. The van der Waals surface area contributed by atoms with E-state index in [2.05, 4.69) is 29.5 Å². The van der Waals surface area contributed by atoms with Gasteiger partial charge in [0.2, 0.25) is 0 Å². The van der Waals surface area contributed by atoms with E-state index in [1.54, 1.807) is 11.3 Å². The average molecular weight is 240 g/mol. The van der Waals surface area contributed by atoms with Crippen molar-refractivity contribution >= 4 is 11.3 Å². The van der Waals surface area contributed by atoms with Crippen molar-refractivity contribution in [3.05, 3.63) is 16.1 Å². The summed E-state index contributed by atoms with van der Waals surface area (Å²) in [6.45, 7) is 5.09. The summed E-state index contributed by atoms with van der Waals surface area (Å²) in [6.07, 6.45) is 2.60. The highest BCUT2D eigenvalue weighted by Gasteiger charge is 2.29. The summed E-state index contributed by atoms with van der Waals surface area (Å²) in [5, 5.41) is 6.76. The Kier molecular flexibility index (Phi) is 3.95. The molecule has 2 rings (SSSR count). The maximum Gasteiger partial charge on any atom is 0.0943 e. The van der Waals surface area contributed by atoms with Crippen molar-refractivity contribution in [2.45, 2.75) is 38.8 Å². The highest BCUT2D eigenvalue weighted by atomic mass is 32.1. The van der Waals surface area contributed by atoms with Gasteiger partial charge < -0.3 is 10.1 Å². The number of aryl methyl sites for hydroxylation is 1. The molecule has 0 aromatic carbocycles. The molecule has 1 aromatic rings. The Bertz CT molecular complexity index is 340. The lowest BCUT2D eigenvalue weighted by molar-refractivity contribution is 0.117. The molecule has 1 aliphatic rings. The van der Waals surface area contributed by atoms with Crippen molar-refractivity contribution < 1.29 is 4.74 Å². The fourth-order valence-electron chi connectivity index (χ4n) is 2.32. The van der Waals surface area contributed by atoms with Crippen molar-refractivity contribution in [1.29, 1.82) is 0 Å². The van der Waals surface area contributed by atoms with Crippen molar-refractivity contribution in [3.63, 3.8) is 0 Å². The van der Waals surface area contributed by atoms with Crippen LogP contribution in [-0.4, -0.2) is 30.8 Å². The van der Waals surface area contributed by atoms with Gasteiger partial charge in [0.15, 0.2) is 0 Å². The first-order chi connectivity index (χ1) is 7.69. The van der Waals surface area contributed by atoms with Gasteiger partial charge in [-0.1, -0.05) is 0 Å². The van der Waals surface area contributed by atoms with Crippen LogP contribution in [0, 0.1) is 12.8 Å². The van der Waals surface area contributed by atoms with Crippen LogP contribution in [0.1, 0.15) is 24.0 Å². The van der Waals surface area contributed by atoms with E-state index in [1.165, 1.54) is 5.01 Å². The van der Waals surface area contributed by atoms with Crippen molar-refractivity contribution in [2.75, 3.05) is 13.7 Å². The standard InChI is InChI=1S/C12H20N2OS/c1-8-7-16-12(14-8)5-11(13-3)10-4-9(2)15-6-10/h7,9-11,13H,4-6H2,1-3H3. The Morgan fingerprint density at radius 2 is 2.50 bits per heavy atom. The number of nitrogens with zero attached hydrogens (tertiary/aromatic N) is 1. The van der Waals surface area contributed by atoms with Gasteiger partial charge in [0, 0.05) is 29.5 Å². The zero-order valence-electron chi connectivity index (χ0n) is 10.2. The maximum absolute atomic E-state index is 5.63. The van der Waals surface area contributed by atoms with Gasteiger partial charge in [0.05, 0.1) is 17.7 Å². The van der Waals surface area contributed by atoms with E-state index < -0.39 is 0 Å². The number of hydrogen-bond acceptors (Lipinski definition) is 4. The summed E-state index contributed by atoms with van der Waals surface area (Å²) in [6, 6.07) is 0.496. The molecule has 1 fully saturated rings. The number of ether oxygens (including phenoxy) is 1. The molecule has 1 aliphatic heterocycles. The fraction of sp³-hybridized carbons (Fsp3) is 0.750. The number of likely N-dealkylation sites (N-methyl/N-ethyl adjacent to an activating group) is 1. The molecule has 1 saturated heterocycles. The molecule has 0 radical (unpaired) electrons. The first-order valence-electron chi connectivity index (χ1n) is 5.89. The van der Waals surface area contributed by atoms with Crippen molar-refractivity contribution in [2.24, 2.45) is 5.92 Å². The predicted molar refractivity (Wildman–Crippen MR) is 66.9 cm³/mol. The predicted octanol–water partition coefficient (Wildman–Crippen LogP) is 2.01. The van der Waals surface area contributed by atoms with Crippen LogP contribution in [0.3, 0.4) is 0 Å². The van der Waals surface area contributed by atoms with E-state index in [9.17, 15) is 0 Å². The number of aromatic nitrogens is 1. The summed E-state index contributed by atoms with van der Waals surface area (Å²) in [5.41, 5.74) is 1.13. The summed E-state index contributed by atoms with van der Waals surface area (Å²) < 4.78 is 5.63. The lowest BCUT2D eigenvalue weighted by atomic mass is 9.95. The number of thiazole rings is 1. The summed E-state index contributed by atoms with van der Waals surface area (Å²) in [5.74, 6) is 0.629. The third kappa shape index (κ3) is 2.81. The summed E-state index contributed by atoms with van der Waals surface area (Å²) in [7, 11) is 2.04. The molecule has 4 heteroatoms. The van der Waals surface area contributed by atoms with E-state index in [-0.39, 0.29) is 0 Å². The lowest BCUT2D eigenvalue weighted by Gasteiger charge is -2.20. The SMILES string of the molecule is CNC(Cc1nc(C)cs1)C1COC(C)C1. The largest absolute Gasteiger partial charge is 0.378 e. The minimum Gasteiger partial charge on any atom is -0.378 e. The number of hydrogen-bond donors (Lipinski definition) is 1. The van der Waals surface area contributed by atoms with Crippen LogP contribution in [0.25, 0.3) is 0 Å². The number of nitrogens with one attached hydrogen (secondary N) is 1. The monoisotopic (exact) mass is 240 g/mol. The fourth-order valence-corrected chi connectivity index (χ4v) is 3.15. The van der Waals surface area contributed by atoms with Gasteiger partial charge >= 0.3 is 0 Å². The van der Waals surface area contributed by atoms with Gasteiger partial charge in [-0.25, -0.2) is 4.98 Å². The summed E-state index contributed by atoms with van der Waals surface area (Å²) >= 11 is 1.76. The molecule has 3 nitrogen and oxygen atoms in total. The molecule has 0 aliphatic carbocycles. The molecule has 0 amide bonds. The van der Waals surface area contributed by atoms with Gasteiger partial charge in [-0.15, -0.1) is 11.3 Å². The smallest absolute Gasteiger partial charge is 0.0943 e. The maximum atomic E-state index is 5.63. The Labute approximate surface area is 101 Å². The zero-order valence-corrected chi connectivity index (χ0v) is 11.0. The van der Waals surface area contributed by atoms with Crippen LogP contribution in [0.4, 0.5) is 0 Å². The van der Waals surface area contributed by atoms with Gasteiger partial charge in [0.1, 0.15) is 0 Å². The molecule has 0 saturated carbocycles. The number of rotatable bonds is 4. The molecule has 2 heterocycles. The summed E-state index contributed by atoms with van der Waals surface area (Å²) in [4.78, 5) is 4.53. The molecular weight excluding hydrogens is 220 g/mol. The highest BCUT2D eigenvalue weighted by Crippen LogP contribution is 2.25. The van der Waals surface area contributed by atoms with E-state index in [0.717, 1.165) is 25.1 Å². The van der Waals surface area contributed by atoms with Gasteiger partial charge in [-0.3, -0.25) is 0 Å². The Morgan fingerprint density at radius 1 is 1.69 bits per heavy atom. The van der Waals surface area contributed by atoms with E-state index in [0.29, 0.717) is 18.1 Å². The Balaban J connectivity index is 1.95. The molecule has 1 N–H and O–H groups in total. The van der Waals surface area contributed by atoms with E-state index in [4.69, 9.17) is 4.74 Å². The van der Waals surface area contributed by atoms with Crippen LogP contribution in [0.2, 0.25) is 0 Å². The van der Waals surface area contributed by atoms with Crippen LogP contribution in [0.15, 0.2) is 5.38 Å². The Morgan fingerprint density at radius 3 is 3.00 bits per heavy atom. The van der Waals surface area contributed by atoms with E-state index in [1.807, 2.05) is 7.05 Å². The van der Waals surface area contributed by atoms with Crippen LogP contribution < -0.4 is 5.32 Å². The van der Waals surface area contributed by atoms with Crippen molar-refractivity contribution in [1.82, 2.24) is 10.3 Å².